The van der Waals surface area contributed by atoms with Gasteiger partial charge in [-0.05, 0) is 24.3 Å². The summed E-state index contributed by atoms with van der Waals surface area (Å²) in [6, 6.07) is 10.3. The first-order valence-corrected chi connectivity index (χ1v) is 6.74. The minimum absolute atomic E-state index is 0.484. The molecule has 0 bridgehead atoms. The molecular weight excluding hydrogens is 284 g/mol. The van der Waals surface area contributed by atoms with Gasteiger partial charge in [-0.2, -0.15) is 0 Å². The van der Waals surface area contributed by atoms with Crippen LogP contribution in [0.1, 0.15) is 17.2 Å². The van der Waals surface area contributed by atoms with Gasteiger partial charge < -0.3 is 18.9 Å². The smallest absolute Gasteiger partial charge is 0.150 e. The second kappa shape index (κ2) is 7.04. The average molecular weight is 303 g/mol. The van der Waals surface area contributed by atoms with Crippen molar-refractivity contribution in [1.82, 2.24) is 0 Å². The van der Waals surface area contributed by atoms with Crippen molar-refractivity contribution in [3.05, 3.63) is 47.5 Å². The van der Waals surface area contributed by atoms with E-state index in [9.17, 15) is 5.11 Å². The first-order valence-electron chi connectivity index (χ1n) is 6.74. The zero-order valence-electron chi connectivity index (χ0n) is 13.1. The number of rotatable bonds is 6. The molecule has 0 unspecified atom stereocenters. The molecule has 5 heteroatoms. The Balaban J connectivity index is 2.45. The number of ether oxygens (including phenoxy) is 4. The van der Waals surface area contributed by atoms with Gasteiger partial charge in [0.1, 0.15) is 23.0 Å². The third-order valence-corrected chi connectivity index (χ3v) is 3.45. The van der Waals surface area contributed by atoms with E-state index in [1.165, 1.54) is 14.2 Å². The summed E-state index contributed by atoms with van der Waals surface area (Å²) in [6.07, 6.45) is -1.14. The number of methoxy groups -OCH3 is 4. The lowest BCUT2D eigenvalue weighted by Gasteiger charge is -2.17. The fourth-order valence-corrected chi connectivity index (χ4v) is 2.24. The van der Waals surface area contributed by atoms with Gasteiger partial charge in [0, 0.05) is 23.3 Å². The van der Waals surface area contributed by atoms with Crippen LogP contribution in [0.15, 0.2) is 36.4 Å². The van der Waals surface area contributed by atoms with Crippen LogP contribution in [-0.4, -0.2) is 28.4 Å². The highest BCUT2D eigenvalue weighted by Crippen LogP contribution is 2.38. The Morgan fingerprint density at radius 3 is 1.41 bits per heavy atom. The monoisotopic (exact) mass is 303 g/mol. The lowest BCUT2D eigenvalue weighted by molar-refractivity contribution is 0.119. The molecule has 0 amide bonds. The Kier molecular flexibility index (Phi) is 5.12. The van der Waals surface area contributed by atoms with Crippen LogP contribution in [-0.2, 0) is 5.11 Å². The number of hydrogen-bond acceptors (Lipinski definition) is 4. The van der Waals surface area contributed by atoms with E-state index in [1.807, 2.05) is 0 Å². The molecule has 2 aromatic rings. The lowest BCUT2D eigenvalue weighted by Crippen LogP contribution is -2.04. The maximum absolute atomic E-state index is 12.8. The summed E-state index contributed by atoms with van der Waals surface area (Å²) in [7, 11) is 6.18. The van der Waals surface area contributed by atoms with Gasteiger partial charge in [-0.15, -0.1) is 0 Å². The molecule has 2 rings (SSSR count). The lowest BCUT2D eigenvalue weighted by atomic mass is 9.99. The Labute approximate surface area is 130 Å². The van der Waals surface area contributed by atoms with Gasteiger partial charge in [0.2, 0.25) is 0 Å². The standard InChI is InChI=1S/C17H19O5/c1-19-11-5-7-13(15(9-11)21-3)17(18)14-8-6-12(20-2)10-16(14)22-4/h5-10,17H,1-4H3. The normalized spacial score (nSPS) is 10.5. The van der Waals surface area contributed by atoms with Gasteiger partial charge in [-0.25, -0.2) is 5.11 Å². The first kappa shape index (κ1) is 16.0. The predicted octanol–water partition coefficient (Wildman–Crippen LogP) is 3.24. The van der Waals surface area contributed by atoms with E-state index >= 15 is 0 Å². The molecule has 0 N–H and O–H groups in total. The van der Waals surface area contributed by atoms with Crippen LogP contribution in [0.25, 0.3) is 0 Å². The molecule has 0 spiro atoms. The van der Waals surface area contributed by atoms with Gasteiger partial charge >= 0.3 is 0 Å². The van der Waals surface area contributed by atoms with Crippen molar-refractivity contribution in [1.29, 1.82) is 0 Å². The van der Waals surface area contributed by atoms with Gasteiger partial charge in [0.25, 0.3) is 0 Å². The molecule has 0 aliphatic carbocycles. The van der Waals surface area contributed by atoms with Crippen LogP contribution in [0.4, 0.5) is 0 Å². The second-order valence-corrected chi connectivity index (χ2v) is 4.60. The fourth-order valence-electron chi connectivity index (χ4n) is 2.24. The molecule has 0 fully saturated rings. The van der Waals surface area contributed by atoms with E-state index in [4.69, 9.17) is 18.9 Å². The molecule has 0 saturated carbocycles. The summed E-state index contributed by atoms with van der Waals surface area (Å²) in [4.78, 5) is 0. The molecule has 1 radical (unpaired) electrons. The second-order valence-electron chi connectivity index (χ2n) is 4.60. The van der Waals surface area contributed by atoms with Crippen molar-refractivity contribution in [3.63, 3.8) is 0 Å². The van der Waals surface area contributed by atoms with Crippen LogP contribution >= 0.6 is 0 Å². The SMILES string of the molecule is COc1ccc(C([O])c2ccc(OC)cc2OC)c(OC)c1. The van der Waals surface area contributed by atoms with Gasteiger partial charge in [0.15, 0.2) is 6.10 Å². The largest absolute Gasteiger partial charge is 0.497 e. The molecule has 0 atom stereocenters. The van der Waals surface area contributed by atoms with Crippen LogP contribution in [0.5, 0.6) is 23.0 Å². The fraction of sp³-hybridized carbons (Fsp3) is 0.294. The van der Waals surface area contributed by atoms with Crippen molar-refractivity contribution >= 4 is 0 Å². The van der Waals surface area contributed by atoms with Crippen molar-refractivity contribution in [3.8, 4) is 23.0 Å². The van der Waals surface area contributed by atoms with E-state index in [1.54, 1.807) is 50.6 Å². The number of benzene rings is 2. The van der Waals surface area contributed by atoms with E-state index in [2.05, 4.69) is 0 Å². The molecule has 0 aliphatic rings. The molecule has 5 nitrogen and oxygen atoms in total. The Morgan fingerprint density at radius 2 is 1.09 bits per heavy atom. The summed E-state index contributed by atoms with van der Waals surface area (Å²) in [5, 5.41) is 12.8. The molecule has 22 heavy (non-hydrogen) atoms. The maximum atomic E-state index is 12.8. The van der Waals surface area contributed by atoms with Crippen LogP contribution < -0.4 is 18.9 Å². The molecule has 0 heterocycles. The third-order valence-electron chi connectivity index (χ3n) is 3.45. The van der Waals surface area contributed by atoms with Crippen molar-refractivity contribution in [2.45, 2.75) is 6.10 Å². The zero-order valence-corrected chi connectivity index (χ0v) is 13.1. The van der Waals surface area contributed by atoms with Gasteiger partial charge in [-0.3, -0.25) is 0 Å². The van der Waals surface area contributed by atoms with E-state index in [0.717, 1.165) is 0 Å². The van der Waals surface area contributed by atoms with Gasteiger partial charge in [-0.1, -0.05) is 0 Å². The summed E-state index contributed by atoms with van der Waals surface area (Å²) in [5.41, 5.74) is 1.04. The highest BCUT2D eigenvalue weighted by atomic mass is 16.5. The highest BCUT2D eigenvalue weighted by Gasteiger charge is 2.22. The Morgan fingerprint density at radius 1 is 0.682 bits per heavy atom. The van der Waals surface area contributed by atoms with E-state index in [-0.39, 0.29) is 0 Å². The summed E-state index contributed by atoms with van der Waals surface area (Å²) in [6.45, 7) is 0. The average Bonchev–Trinajstić information content (AvgIpc) is 2.59. The first-order chi connectivity index (χ1) is 10.6. The zero-order chi connectivity index (χ0) is 16.1. The summed E-state index contributed by atoms with van der Waals surface area (Å²) < 4.78 is 20.9. The topological polar surface area (TPSA) is 56.8 Å². The predicted molar refractivity (Wildman–Crippen MR) is 81.6 cm³/mol. The molecule has 0 aliphatic heterocycles. The molecule has 117 valence electrons. The summed E-state index contributed by atoms with van der Waals surface area (Å²) >= 11 is 0. The van der Waals surface area contributed by atoms with Crippen LogP contribution in [0, 0.1) is 0 Å². The van der Waals surface area contributed by atoms with Crippen molar-refractivity contribution in [2.75, 3.05) is 28.4 Å². The quantitative estimate of drug-likeness (QED) is 0.822. The number of hydrogen-bond donors (Lipinski definition) is 0. The minimum atomic E-state index is -1.14. The molecule has 0 aromatic heterocycles. The molecular formula is C17H19O5. The van der Waals surface area contributed by atoms with Crippen LogP contribution in [0.2, 0.25) is 0 Å². The van der Waals surface area contributed by atoms with Crippen molar-refractivity contribution < 1.29 is 24.1 Å². The molecule has 0 saturated heterocycles. The Hall–Kier alpha value is -2.40. The molecule has 2 aromatic carbocycles. The van der Waals surface area contributed by atoms with E-state index in [0.29, 0.717) is 34.1 Å². The van der Waals surface area contributed by atoms with E-state index < -0.39 is 6.10 Å². The minimum Gasteiger partial charge on any atom is -0.497 e. The third kappa shape index (κ3) is 3.09. The van der Waals surface area contributed by atoms with Gasteiger partial charge in [0.05, 0.1) is 28.4 Å². The Bertz CT molecular complexity index is 583. The van der Waals surface area contributed by atoms with Crippen LogP contribution in [0.3, 0.4) is 0 Å². The highest BCUT2D eigenvalue weighted by molar-refractivity contribution is 5.50. The summed E-state index contributed by atoms with van der Waals surface area (Å²) in [5.74, 6) is 2.23. The van der Waals surface area contributed by atoms with Crippen molar-refractivity contribution in [2.24, 2.45) is 0 Å². The maximum Gasteiger partial charge on any atom is 0.150 e.